The summed E-state index contributed by atoms with van der Waals surface area (Å²) >= 11 is 0. The molecule has 1 N–H and O–H groups in total. The molecule has 0 saturated heterocycles. The van der Waals surface area contributed by atoms with Crippen molar-refractivity contribution in [1.29, 1.82) is 0 Å². The van der Waals surface area contributed by atoms with Crippen LogP contribution in [0.4, 0.5) is 0 Å². The van der Waals surface area contributed by atoms with Gasteiger partial charge < -0.3 is 5.32 Å². The highest BCUT2D eigenvalue weighted by Gasteiger charge is 2.10. The minimum Gasteiger partial charge on any atom is -0.313 e. The lowest BCUT2D eigenvalue weighted by Gasteiger charge is -2.09. The first-order chi connectivity index (χ1) is 9.36. The summed E-state index contributed by atoms with van der Waals surface area (Å²) in [6.07, 6.45) is 5.37. The van der Waals surface area contributed by atoms with Gasteiger partial charge in [-0.3, -0.25) is 0 Å². The second-order valence-electron chi connectivity index (χ2n) is 4.79. The largest absolute Gasteiger partial charge is 0.313 e. The summed E-state index contributed by atoms with van der Waals surface area (Å²) < 4.78 is 2.08. The van der Waals surface area contributed by atoms with Gasteiger partial charge in [-0.05, 0) is 31.5 Å². The zero-order chi connectivity index (χ0) is 13.5. The van der Waals surface area contributed by atoms with Crippen molar-refractivity contribution in [3.05, 3.63) is 47.8 Å². The van der Waals surface area contributed by atoms with Crippen LogP contribution in [0.3, 0.4) is 0 Å². The number of nitrogens with zero attached hydrogens (tertiary/aromatic N) is 2. The Morgan fingerprint density at radius 1 is 1.11 bits per heavy atom. The Kier molecular flexibility index (Phi) is 5.16. The number of hydrogen-bond acceptors (Lipinski definition) is 2. The van der Waals surface area contributed by atoms with Crippen molar-refractivity contribution >= 4 is 0 Å². The van der Waals surface area contributed by atoms with Gasteiger partial charge in [0.15, 0.2) is 0 Å². The molecule has 0 atom stereocenters. The van der Waals surface area contributed by atoms with Crippen LogP contribution in [0, 0.1) is 0 Å². The quantitative estimate of drug-likeness (QED) is 0.771. The highest BCUT2D eigenvalue weighted by molar-refractivity contribution is 5.35. The van der Waals surface area contributed by atoms with E-state index in [-0.39, 0.29) is 0 Å². The molecule has 0 fully saturated rings. The molecular formula is C16H23N3. The number of benzene rings is 1. The van der Waals surface area contributed by atoms with E-state index in [1.165, 1.54) is 11.3 Å². The molecule has 0 unspecified atom stereocenters. The number of rotatable bonds is 7. The van der Waals surface area contributed by atoms with Crippen LogP contribution >= 0.6 is 0 Å². The molecular weight excluding hydrogens is 234 g/mol. The van der Waals surface area contributed by atoms with Crippen LogP contribution in [-0.4, -0.2) is 16.3 Å². The Bertz CT molecular complexity index is 488. The molecule has 0 amide bonds. The third-order valence-electron chi connectivity index (χ3n) is 3.19. The van der Waals surface area contributed by atoms with Crippen molar-refractivity contribution in [3.8, 4) is 5.69 Å². The Hall–Kier alpha value is -1.61. The Balaban J connectivity index is 2.24. The fourth-order valence-electron chi connectivity index (χ4n) is 2.25. The molecule has 102 valence electrons. The van der Waals surface area contributed by atoms with Crippen molar-refractivity contribution in [2.75, 3.05) is 6.54 Å². The number of aromatic nitrogens is 2. The van der Waals surface area contributed by atoms with Crippen LogP contribution in [0.5, 0.6) is 0 Å². The Labute approximate surface area is 115 Å². The second-order valence-corrected chi connectivity index (χ2v) is 4.79. The maximum Gasteiger partial charge on any atom is 0.0648 e. The van der Waals surface area contributed by atoms with Crippen molar-refractivity contribution in [1.82, 2.24) is 15.1 Å². The SMILES string of the molecule is CCCNCc1cnn(-c2ccccc2)c1CCC. The highest BCUT2D eigenvalue weighted by atomic mass is 15.3. The van der Waals surface area contributed by atoms with Gasteiger partial charge in [-0.25, -0.2) is 4.68 Å². The molecule has 0 aliphatic heterocycles. The molecule has 3 nitrogen and oxygen atoms in total. The average molecular weight is 257 g/mol. The lowest BCUT2D eigenvalue weighted by molar-refractivity contribution is 0.666. The molecule has 0 bridgehead atoms. The predicted octanol–water partition coefficient (Wildman–Crippen LogP) is 3.32. The lowest BCUT2D eigenvalue weighted by atomic mass is 10.1. The number of para-hydroxylation sites is 1. The summed E-state index contributed by atoms with van der Waals surface area (Å²) in [6, 6.07) is 10.4. The van der Waals surface area contributed by atoms with Crippen molar-refractivity contribution < 1.29 is 0 Å². The van der Waals surface area contributed by atoms with Gasteiger partial charge in [-0.1, -0.05) is 38.5 Å². The first-order valence-electron chi connectivity index (χ1n) is 7.18. The van der Waals surface area contributed by atoms with Gasteiger partial charge in [0.25, 0.3) is 0 Å². The summed E-state index contributed by atoms with van der Waals surface area (Å²) in [4.78, 5) is 0. The van der Waals surface area contributed by atoms with Gasteiger partial charge in [0, 0.05) is 17.8 Å². The fraction of sp³-hybridized carbons (Fsp3) is 0.438. The fourth-order valence-corrected chi connectivity index (χ4v) is 2.25. The molecule has 0 radical (unpaired) electrons. The summed E-state index contributed by atoms with van der Waals surface area (Å²) in [7, 11) is 0. The summed E-state index contributed by atoms with van der Waals surface area (Å²) in [5, 5.41) is 8.02. The van der Waals surface area contributed by atoms with E-state index in [2.05, 4.69) is 53.2 Å². The van der Waals surface area contributed by atoms with Crippen LogP contribution in [-0.2, 0) is 13.0 Å². The van der Waals surface area contributed by atoms with Crippen LogP contribution < -0.4 is 5.32 Å². The summed E-state index contributed by atoms with van der Waals surface area (Å²) in [6.45, 7) is 6.37. The first kappa shape index (κ1) is 13.8. The van der Waals surface area contributed by atoms with Gasteiger partial charge in [-0.15, -0.1) is 0 Å². The Morgan fingerprint density at radius 3 is 2.58 bits per heavy atom. The van der Waals surface area contributed by atoms with Crippen molar-refractivity contribution in [2.45, 2.75) is 39.7 Å². The average Bonchev–Trinajstić information content (AvgIpc) is 2.84. The number of hydrogen-bond donors (Lipinski definition) is 1. The molecule has 0 aliphatic rings. The van der Waals surface area contributed by atoms with Crippen LogP contribution in [0.2, 0.25) is 0 Å². The van der Waals surface area contributed by atoms with Gasteiger partial charge in [0.05, 0.1) is 11.9 Å². The molecule has 0 saturated carbocycles. The molecule has 1 aromatic heterocycles. The Morgan fingerprint density at radius 2 is 1.89 bits per heavy atom. The van der Waals surface area contributed by atoms with E-state index < -0.39 is 0 Å². The van der Waals surface area contributed by atoms with Gasteiger partial charge in [-0.2, -0.15) is 5.10 Å². The van der Waals surface area contributed by atoms with Crippen LogP contribution in [0.15, 0.2) is 36.5 Å². The normalized spacial score (nSPS) is 10.8. The van der Waals surface area contributed by atoms with Crippen molar-refractivity contribution in [2.24, 2.45) is 0 Å². The van der Waals surface area contributed by atoms with Crippen LogP contribution in [0.1, 0.15) is 37.9 Å². The van der Waals surface area contributed by atoms with Crippen molar-refractivity contribution in [3.63, 3.8) is 0 Å². The summed E-state index contributed by atoms with van der Waals surface area (Å²) in [5.74, 6) is 0. The molecule has 19 heavy (non-hydrogen) atoms. The maximum atomic E-state index is 4.56. The first-order valence-corrected chi connectivity index (χ1v) is 7.18. The highest BCUT2D eigenvalue weighted by Crippen LogP contribution is 2.16. The predicted molar refractivity (Wildman–Crippen MR) is 79.6 cm³/mol. The molecule has 2 rings (SSSR count). The zero-order valence-electron chi connectivity index (χ0n) is 11.9. The molecule has 0 spiro atoms. The van der Waals surface area contributed by atoms with E-state index >= 15 is 0 Å². The van der Waals surface area contributed by atoms with Gasteiger partial charge >= 0.3 is 0 Å². The monoisotopic (exact) mass is 257 g/mol. The van der Waals surface area contributed by atoms with E-state index in [1.807, 2.05) is 12.3 Å². The topological polar surface area (TPSA) is 29.9 Å². The zero-order valence-corrected chi connectivity index (χ0v) is 11.9. The third kappa shape index (κ3) is 3.44. The smallest absolute Gasteiger partial charge is 0.0648 e. The molecule has 1 heterocycles. The molecule has 1 aromatic carbocycles. The summed E-state index contributed by atoms with van der Waals surface area (Å²) in [5.41, 5.74) is 3.80. The second kappa shape index (κ2) is 7.10. The minimum absolute atomic E-state index is 0.913. The van der Waals surface area contributed by atoms with E-state index in [0.29, 0.717) is 0 Å². The number of nitrogens with one attached hydrogen (secondary N) is 1. The van der Waals surface area contributed by atoms with Gasteiger partial charge in [0.2, 0.25) is 0 Å². The van der Waals surface area contributed by atoms with E-state index in [0.717, 1.165) is 38.0 Å². The van der Waals surface area contributed by atoms with E-state index in [9.17, 15) is 0 Å². The molecule has 3 heteroatoms. The third-order valence-corrected chi connectivity index (χ3v) is 3.19. The molecule has 2 aromatic rings. The van der Waals surface area contributed by atoms with E-state index in [1.54, 1.807) is 0 Å². The van der Waals surface area contributed by atoms with Gasteiger partial charge in [0.1, 0.15) is 0 Å². The minimum atomic E-state index is 0.913. The lowest BCUT2D eigenvalue weighted by Crippen LogP contribution is -2.15. The van der Waals surface area contributed by atoms with E-state index in [4.69, 9.17) is 0 Å². The molecule has 0 aliphatic carbocycles. The standard InChI is InChI=1S/C16H23N3/c1-3-8-16-14(12-17-11-4-2)13-18-19(16)15-9-6-5-7-10-15/h5-7,9-10,13,17H,3-4,8,11-12H2,1-2H3. The maximum absolute atomic E-state index is 4.56. The van der Waals surface area contributed by atoms with Crippen LogP contribution in [0.25, 0.3) is 5.69 Å².